The third-order valence-corrected chi connectivity index (χ3v) is 4.73. The molecule has 4 nitrogen and oxygen atoms in total. The molecule has 1 atom stereocenters. The van der Waals surface area contributed by atoms with E-state index in [1.54, 1.807) is 0 Å². The molecule has 0 aromatic rings. The lowest BCUT2D eigenvalue weighted by Gasteiger charge is -2.42. The quantitative estimate of drug-likeness (QED) is 0.783. The maximum atomic E-state index is 12.7. The Hall–Kier alpha value is -0.610. The Morgan fingerprint density at radius 3 is 2.47 bits per heavy atom. The summed E-state index contributed by atoms with van der Waals surface area (Å²) in [6.07, 6.45) is 8.65. The van der Waals surface area contributed by atoms with Crippen molar-refractivity contribution in [2.24, 2.45) is 0 Å². The van der Waals surface area contributed by atoms with Crippen LogP contribution in [0, 0.1) is 0 Å². The Balaban J connectivity index is 1.98. The van der Waals surface area contributed by atoms with Crippen LogP contribution in [0.3, 0.4) is 0 Å². The summed E-state index contributed by atoms with van der Waals surface area (Å²) in [6, 6.07) is 0.602. The molecule has 1 saturated carbocycles. The number of nitrogens with zero attached hydrogens (tertiary/aromatic N) is 2. The average molecular weight is 267 g/mol. The molecule has 1 amide bonds. The summed E-state index contributed by atoms with van der Waals surface area (Å²) >= 11 is 0. The first-order valence-electron chi connectivity index (χ1n) is 7.89. The van der Waals surface area contributed by atoms with Crippen LogP contribution in [0.1, 0.15) is 44.9 Å². The normalized spacial score (nSPS) is 27.6. The number of likely N-dealkylation sites (N-methyl/N-ethyl adjacent to an activating group) is 1. The maximum Gasteiger partial charge on any atom is 0.240 e. The first kappa shape index (κ1) is 14.8. The third kappa shape index (κ3) is 3.69. The van der Waals surface area contributed by atoms with E-state index in [9.17, 15) is 4.79 Å². The largest absolute Gasteiger partial charge is 0.337 e. The minimum absolute atomic E-state index is 0.0875. The van der Waals surface area contributed by atoms with Gasteiger partial charge in [0.1, 0.15) is 0 Å². The Kier molecular flexibility index (Phi) is 5.64. The minimum Gasteiger partial charge on any atom is -0.337 e. The summed E-state index contributed by atoms with van der Waals surface area (Å²) in [5.41, 5.74) is 0. The topological polar surface area (TPSA) is 35.6 Å². The zero-order valence-corrected chi connectivity index (χ0v) is 12.5. The summed E-state index contributed by atoms with van der Waals surface area (Å²) in [6.45, 7) is 2.87. The second-order valence-corrected chi connectivity index (χ2v) is 6.07. The molecule has 1 heterocycles. The standard InChI is InChI=1S/C15H29N3O/c1-16-10-9-14-15(19)18(12-11-17(14)2)13-7-5-3-4-6-8-13/h13-14,16H,3-12H2,1-2H3. The highest BCUT2D eigenvalue weighted by Gasteiger charge is 2.35. The van der Waals surface area contributed by atoms with Crippen molar-refractivity contribution in [3.05, 3.63) is 0 Å². The van der Waals surface area contributed by atoms with Gasteiger partial charge in [0, 0.05) is 19.1 Å². The summed E-state index contributed by atoms with van der Waals surface area (Å²) in [7, 11) is 4.04. The van der Waals surface area contributed by atoms with Gasteiger partial charge in [0.15, 0.2) is 0 Å². The number of piperazine rings is 1. The van der Waals surface area contributed by atoms with Gasteiger partial charge in [-0.3, -0.25) is 9.69 Å². The van der Waals surface area contributed by atoms with Gasteiger partial charge in [-0.1, -0.05) is 25.7 Å². The molecule has 0 radical (unpaired) electrons. The van der Waals surface area contributed by atoms with Crippen molar-refractivity contribution >= 4 is 5.91 Å². The molecule has 0 spiro atoms. The summed E-state index contributed by atoms with van der Waals surface area (Å²) < 4.78 is 0. The molecule has 2 rings (SSSR count). The minimum atomic E-state index is 0.0875. The number of nitrogens with one attached hydrogen (secondary N) is 1. The number of carbonyl (C=O) groups excluding carboxylic acids is 1. The van der Waals surface area contributed by atoms with Crippen molar-refractivity contribution in [2.45, 2.75) is 57.0 Å². The van der Waals surface area contributed by atoms with E-state index < -0.39 is 0 Å². The smallest absolute Gasteiger partial charge is 0.240 e. The van der Waals surface area contributed by atoms with Crippen molar-refractivity contribution in [1.82, 2.24) is 15.1 Å². The molecule has 19 heavy (non-hydrogen) atoms. The van der Waals surface area contributed by atoms with E-state index in [4.69, 9.17) is 0 Å². The Labute approximate surface area is 117 Å². The fourth-order valence-electron chi connectivity index (χ4n) is 3.47. The molecule has 1 N–H and O–H groups in total. The van der Waals surface area contributed by atoms with Crippen LogP contribution in [0.15, 0.2) is 0 Å². The van der Waals surface area contributed by atoms with Crippen LogP contribution in [-0.4, -0.2) is 61.5 Å². The SMILES string of the molecule is CNCCC1C(=O)N(C2CCCCCC2)CCN1C. The van der Waals surface area contributed by atoms with E-state index in [0.717, 1.165) is 26.1 Å². The van der Waals surface area contributed by atoms with E-state index in [-0.39, 0.29) is 6.04 Å². The predicted molar refractivity (Wildman–Crippen MR) is 78.2 cm³/mol. The lowest BCUT2D eigenvalue weighted by molar-refractivity contribution is -0.144. The van der Waals surface area contributed by atoms with Crippen LogP contribution in [0.4, 0.5) is 0 Å². The molecule has 0 aromatic heterocycles. The van der Waals surface area contributed by atoms with Crippen molar-refractivity contribution in [2.75, 3.05) is 33.7 Å². The Morgan fingerprint density at radius 1 is 1.16 bits per heavy atom. The number of hydrogen-bond acceptors (Lipinski definition) is 3. The molecule has 110 valence electrons. The molecule has 0 bridgehead atoms. The van der Waals surface area contributed by atoms with Gasteiger partial charge >= 0.3 is 0 Å². The second-order valence-electron chi connectivity index (χ2n) is 6.07. The molecule has 0 aromatic carbocycles. The van der Waals surface area contributed by atoms with Crippen LogP contribution < -0.4 is 5.32 Å². The number of carbonyl (C=O) groups is 1. The zero-order valence-electron chi connectivity index (χ0n) is 12.5. The van der Waals surface area contributed by atoms with Crippen LogP contribution in [0.25, 0.3) is 0 Å². The molecule has 2 fully saturated rings. The van der Waals surface area contributed by atoms with E-state index in [1.807, 2.05) is 7.05 Å². The van der Waals surface area contributed by atoms with Gasteiger partial charge in [-0.05, 0) is 39.9 Å². The van der Waals surface area contributed by atoms with E-state index in [0.29, 0.717) is 11.9 Å². The number of hydrogen-bond donors (Lipinski definition) is 1. The van der Waals surface area contributed by atoms with Crippen molar-refractivity contribution in [3.8, 4) is 0 Å². The molecule has 1 aliphatic carbocycles. The van der Waals surface area contributed by atoms with Crippen molar-refractivity contribution < 1.29 is 4.79 Å². The maximum absolute atomic E-state index is 12.7. The van der Waals surface area contributed by atoms with Crippen LogP contribution in [-0.2, 0) is 4.79 Å². The number of amides is 1. The van der Waals surface area contributed by atoms with E-state index in [2.05, 4.69) is 22.2 Å². The first-order valence-corrected chi connectivity index (χ1v) is 7.89. The van der Waals surface area contributed by atoms with Crippen molar-refractivity contribution in [3.63, 3.8) is 0 Å². The molecule has 1 aliphatic heterocycles. The van der Waals surface area contributed by atoms with Crippen LogP contribution in [0.5, 0.6) is 0 Å². The monoisotopic (exact) mass is 267 g/mol. The lowest BCUT2D eigenvalue weighted by Crippen LogP contribution is -2.58. The molecular weight excluding hydrogens is 238 g/mol. The van der Waals surface area contributed by atoms with Crippen LogP contribution >= 0.6 is 0 Å². The third-order valence-electron chi connectivity index (χ3n) is 4.73. The zero-order chi connectivity index (χ0) is 13.7. The van der Waals surface area contributed by atoms with Gasteiger partial charge in [-0.2, -0.15) is 0 Å². The van der Waals surface area contributed by atoms with Gasteiger partial charge in [0.25, 0.3) is 0 Å². The number of rotatable bonds is 4. The first-order chi connectivity index (χ1) is 9.24. The summed E-state index contributed by atoms with van der Waals surface area (Å²) in [5.74, 6) is 0.371. The van der Waals surface area contributed by atoms with Crippen LogP contribution in [0.2, 0.25) is 0 Å². The Bertz CT molecular complexity index is 287. The average Bonchev–Trinajstić information content (AvgIpc) is 2.68. The van der Waals surface area contributed by atoms with Crippen molar-refractivity contribution in [1.29, 1.82) is 0 Å². The van der Waals surface area contributed by atoms with E-state index >= 15 is 0 Å². The fraction of sp³-hybridized carbons (Fsp3) is 0.933. The lowest BCUT2D eigenvalue weighted by atomic mass is 10.0. The molecular formula is C15H29N3O. The molecule has 4 heteroatoms. The highest BCUT2D eigenvalue weighted by Crippen LogP contribution is 2.25. The van der Waals surface area contributed by atoms with Gasteiger partial charge < -0.3 is 10.2 Å². The van der Waals surface area contributed by atoms with Gasteiger partial charge in [0.2, 0.25) is 5.91 Å². The summed E-state index contributed by atoms with van der Waals surface area (Å²) in [5, 5.41) is 3.16. The Morgan fingerprint density at radius 2 is 1.84 bits per heavy atom. The highest BCUT2D eigenvalue weighted by molar-refractivity contribution is 5.83. The highest BCUT2D eigenvalue weighted by atomic mass is 16.2. The molecule has 1 saturated heterocycles. The molecule has 2 aliphatic rings. The second kappa shape index (κ2) is 7.25. The summed E-state index contributed by atoms with van der Waals surface area (Å²) in [4.78, 5) is 17.1. The fourth-order valence-corrected chi connectivity index (χ4v) is 3.47. The van der Waals surface area contributed by atoms with Gasteiger partial charge in [-0.15, -0.1) is 0 Å². The molecule has 1 unspecified atom stereocenters. The van der Waals surface area contributed by atoms with E-state index in [1.165, 1.54) is 38.5 Å². The van der Waals surface area contributed by atoms with Gasteiger partial charge in [0.05, 0.1) is 6.04 Å². The predicted octanol–water partition coefficient (Wildman–Crippen LogP) is 1.46. The van der Waals surface area contributed by atoms with Gasteiger partial charge in [-0.25, -0.2) is 0 Å².